The van der Waals surface area contributed by atoms with Gasteiger partial charge in [0.1, 0.15) is 0 Å². The maximum absolute atomic E-state index is 11.9. The first-order valence-corrected chi connectivity index (χ1v) is 8.39. The molecule has 0 radical (unpaired) electrons. The van der Waals surface area contributed by atoms with Crippen molar-refractivity contribution in [2.24, 2.45) is 0 Å². The van der Waals surface area contributed by atoms with E-state index in [0.29, 0.717) is 12.2 Å². The second-order valence-electron chi connectivity index (χ2n) is 5.99. The summed E-state index contributed by atoms with van der Waals surface area (Å²) in [5.41, 5.74) is 2.88. The third-order valence-electron chi connectivity index (χ3n) is 3.69. The normalized spacial score (nSPS) is 10.6. The van der Waals surface area contributed by atoms with Gasteiger partial charge < -0.3 is 4.74 Å². The van der Waals surface area contributed by atoms with Crippen LogP contribution in [0.3, 0.4) is 0 Å². The first-order valence-electron chi connectivity index (χ1n) is 8.39. The monoisotopic (exact) mass is 290 g/mol. The van der Waals surface area contributed by atoms with Crippen molar-refractivity contribution in [3.8, 4) is 0 Å². The standard InChI is InChI=1S/C19H30O2/c1-4-5-6-7-8-9-10-11-12-21-19(20)18-14-16(2)13-17(3)15-18/h13-15H,4-12H2,1-3H3. The second-order valence-corrected chi connectivity index (χ2v) is 5.99. The van der Waals surface area contributed by atoms with Gasteiger partial charge in [-0.1, -0.05) is 69.1 Å². The predicted molar refractivity (Wildman–Crippen MR) is 88.8 cm³/mol. The number of rotatable bonds is 10. The van der Waals surface area contributed by atoms with Gasteiger partial charge in [-0.3, -0.25) is 0 Å². The Labute approximate surface area is 129 Å². The molecule has 2 heteroatoms. The molecule has 2 nitrogen and oxygen atoms in total. The molecule has 0 bridgehead atoms. The van der Waals surface area contributed by atoms with E-state index in [0.717, 1.165) is 24.0 Å². The summed E-state index contributed by atoms with van der Waals surface area (Å²) in [7, 11) is 0. The summed E-state index contributed by atoms with van der Waals surface area (Å²) >= 11 is 0. The fourth-order valence-corrected chi connectivity index (χ4v) is 2.58. The smallest absolute Gasteiger partial charge is 0.338 e. The minimum Gasteiger partial charge on any atom is -0.462 e. The molecule has 1 rings (SSSR count). The quantitative estimate of drug-likeness (QED) is 0.414. The van der Waals surface area contributed by atoms with E-state index in [4.69, 9.17) is 4.74 Å². The molecule has 0 atom stereocenters. The van der Waals surface area contributed by atoms with Crippen LogP contribution in [-0.4, -0.2) is 12.6 Å². The zero-order chi connectivity index (χ0) is 15.5. The Balaban J connectivity index is 2.11. The van der Waals surface area contributed by atoms with E-state index in [1.54, 1.807) is 0 Å². The first kappa shape index (κ1) is 17.7. The third-order valence-corrected chi connectivity index (χ3v) is 3.69. The molecule has 1 aromatic carbocycles. The van der Waals surface area contributed by atoms with E-state index in [9.17, 15) is 4.79 Å². The maximum Gasteiger partial charge on any atom is 0.338 e. The zero-order valence-electron chi connectivity index (χ0n) is 13.9. The Hall–Kier alpha value is -1.31. The van der Waals surface area contributed by atoms with Gasteiger partial charge in [-0.15, -0.1) is 0 Å². The molecule has 0 amide bonds. The van der Waals surface area contributed by atoms with Gasteiger partial charge in [0.25, 0.3) is 0 Å². The fraction of sp³-hybridized carbons (Fsp3) is 0.632. The largest absolute Gasteiger partial charge is 0.462 e. The van der Waals surface area contributed by atoms with E-state index >= 15 is 0 Å². The zero-order valence-corrected chi connectivity index (χ0v) is 13.9. The highest BCUT2D eigenvalue weighted by Crippen LogP contribution is 2.11. The summed E-state index contributed by atoms with van der Waals surface area (Å²) in [6, 6.07) is 5.85. The van der Waals surface area contributed by atoms with Crippen LogP contribution in [0.15, 0.2) is 18.2 Å². The molecule has 0 aliphatic carbocycles. The van der Waals surface area contributed by atoms with Crippen molar-refractivity contribution in [1.82, 2.24) is 0 Å². The topological polar surface area (TPSA) is 26.3 Å². The number of hydrogen-bond donors (Lipinski definition) is 0. The van der Waals surface area contributed by atoms with Crippen LogP contribution >= 0.6 is 0 Å². The van der Waals surface area contributed by atoms with Crippen LogP contribution in [0.25, 0.3) is 0 Å². The van der Waals surface area contributed by atoms with E-state index < -0.39 is 0 Å². The average Bonchev–Trinajstić information content (AvgIpc) is 2.44. The molecule has 0 aromatic heterocycles. The van der Waals surface area contributed by atoms with Crippen molar-refractivity contribution < 1.29 is 9.53 Å². The van der Waals surface area contributed by atoms with Crippen LogP contribution in [0.1, 0.15) is 79.8 Å². The Bertz CT molecular complexity index is 403. The van der Waals surface area contributed by atoms with Crippen molar-refractivity contribution in [1.29, 1.82) is 0 Å². The van der Waals surface area contributed by atoms with Gasteiger partial charge in [0.05, 0.1) is 12.2 Å². The van der Waals surface area contributed by atoms with Gasteiger partial charge in [0.2, 0.25) is 0 Å². The summed E-state index contributed by atoms with van der Waals surface area (Å²) in [5.74, 6) is -0.190. The molecule has 0 heterocycles. The summed E-state index contributed by atoms with van der Waals surface area (Å²) in [4.78, 5) is 11.9. The Kier molecular flexibility index (Phi) is 8.80. The highest BCUT2D eigenvalue weighted by Gasteiger charge is 2.07. The average molecular weight is 290 g/mol. The minimum atomic E-state index is -0.190. The van der Waals surface area contributed by atoms with Crippen molar-refractivity contribution >= 4 is 5.97 Å². The van der Waals surface area contributed by atoms with Crippen LogP contribution in [0, 0.1) is 13.8 Å². The van der Waals surface area contributed by atoms with Gasteiger partial charge in [0.15, 0.2) is 0 Å². The van der Waals surface area contributed by atoms with Crippen LogP contribution in [0.4, 0.5) is 0 Å². The molecule has 0 aliphatic rings. The van der Waals surface area contributed by atoms with Gasteiger partial charge in [0, 0.05) is 0 Å². The number of carbonyl (C=O) groups is 1. The number of esters is 1. The van der Waals surface area contributed by atoms with Crippen molar-refractivity contribution in [2.75, 3.05) is 6.61 Å². The van der Waals surface area contributed by atoms with E-state index in [1.807, 2.05) is 26.0 Å². The summed E-state index contributed by atoms with van der Waals surface area (Å²) in [6.07, 6.45) is 10.1. The number of unbranched alkanes of at least 4 members (excludes halogenated alkanes) is 7. The van der Waals surface area contributed by atoms with E-state index in [2.05, 4.69) is 13.0 Å². The summed E-state index contributed by atoms with van der Waals surface area (Å²) in [6.45, 7) is 6.79. The predicted octanol–water partition coefficient (Wildman–Crippen LogP) is 5.60. The molecule has 0 spiro atoms. The Morgan fingerprint density at radius 2 is 1.38 bits per heavy atom. The molecular formula is C19H30O2. The molecule has 0 saturated heterocycles. The van der Waals surface area contributed by atoms with E-state index in [1.165, 1.54) is 38.5 Å². The second kappa shape index (κ2) is 10.4. The lowest BCUT2D eigenvalue weighted by Crippen LogP contribution is -2.07. The summed E-state index contributed by atoms with van der Waals surface area (Å²) in [5, 5.41) is 0. The first-order chi connectivity index (χ1) is 10.1. The van der Waals surface area contributed by atoms with Crippen LogP contribution in [0.5, 0.6) is 0 Å². The van der Waals surface area contributed by atoms with Crippen LogP contribution in [-0.2, 0) is 4.74 Å². The lowest BCUT2D eigenvalue weighted by molar-refractivity contribution is 0.0497. The molecular weight excluding hydrogens is 260 g/mol. The van der Waals surface area contributed by atoms with Gasteiger partial charge in [-0.05, 0) is 32.4 Å². The highest BCUT2D eigenvalue weighted by molar-refractivity contribution is 5.89. The molecule has 0 saturated carbocycles. The molecule has 1 aromatic rings. The lowest BCUT2D eigenvalue weighted by atomic mass is 10.1. The molecule has 0 unspecified atom stereocenters. The van der Waals surface area contributed by atoms with Gasteiger partial charge in [-0.25, -0.2) is 4.79 Å². The lowest BCUT2D eigenvalue weighted by Gasteiger charge is -2.07. The minimum absolute atomic E-state index is 0.190. The number of aryl methyl sites for hydroxylation is 2. The number of hydrogen-bond acceptors (Lipinski definition) is 2. The summed E-state index contributed by atoms with van der Waals surface area (Å²) < 4.78 is 5.34. The van der Waals surface area contributed by atoms with Gasteiger partial charge in [-0.2, -0.15) is 0 Å². The Morgan fingerprint density at radius 1 is 0.857 bits per heavy atom. The number of benzene rings is 1. The molecule has 21 heavy (non-hydrogen) atoms. The number of carbonyl (C=O) groups excluding carboxylic acids is 1. The van der Waals surface area contributed by atoms with Crippen LogP contribution < -0.4 is 0 Å². The molecule has 118 valence electrons. The molecule has 0 fully saturated rings. The number of ether oxygens (including phenoxy) is 1. The van der Waals surface area contributed by atoms with Crippen molar-refractivity contribution in [3.05, 3.63) is 34.9 Å². The highest BCUT2D eigenvalue weighted by atomic mass is 16.5. The Morgan fingerprint density at radius 3 is 1.95 bits per heavy atom. The maximum atomic E-state index is 11.9. The molecule has 0 N–H and O–H groups in total. The fourth-order valence-electron chi connectivity index (χ4n) is 2.58. The van der Waals surface area contributed by atoms with Crippen LogP contribution in [0.2, 0.25) is 0 Å². The van der Waals surface area contributed by atoms with Crippen molar-refractivity contribution in [2.45, 2.75) is 72.1 Å². The molecule has 0 aliphatic heterocycles. The van der Waals surface area contributed by atoms with E-state index in [-0.39, 0.29) is 5.97 Å². The third kappa shape index (κ3) is 7.89. The van der Waals surface area contributed by atoms with Crippen molar-refractivity contribution in [3.63, 3.8) is 0 Å². The SMILES string of the molecule is CCCCCCCCCCOC(=O)c1cc(C)cc(C)c1. The van der Waals surface area contributed by atoms with Gasteiger partial charge >= 0.3 is 5.97 Å².